The number of halogens is 1. The highest BCUT2D eigenvalue weighted by molar-refractivity contribution is 6.30. The minimum atomic E-state index is -0.819. The zero-order valence-electron chi connectivity index (χ0n) is 11.7. The standard InChI is InChI=1S/C15H13ClN2O4/c1-10(22-12-8-6-11(16)7-9-12)15(19)17-13-4-2-3-5-14(13)18(20)21/h2-10H,1H3,(H,17,19)/t10-/m1/s1. The molecule has 6 nitrogen and oxygen atoms in total. The zero-order chi connectivity index (χ0) is 16.1. The molecule has 22 heavy (non-hydrogen) atoms. The molecule has 1 N–H and O–H groups in total. The third kappa shape index (κ3) is 3.95. The van der Waals surface area contributed by atoms with Crippen LogP contribution in [-0.2, 0) is 4.79 Å². The maximum Gasteiger partial charge on any atom is 0.292 e. The number of para-hydroxylation sites is 2. The van der Waals surface area contributed by atoms with Gasteiger partial charge in [-0.1, -0.05) is 23.7 Å². The number of ether oxygens (including phenoxy) is 1. The second-order valence-corrected chi connectivity index (χ2v) is 4.91. The fraction of sp³-hybridized carbons (Fsp3) is 0.133. The van der Waals surface area contributed by atoms with Gasteiger partial charge >= 0.3 is 0 Å². The summed E-state index contributed by atoms with van der Waals surface area (Å²) in [4.78, 5) is 22.4. The molecule has 0 unspecified atom stereocenters. The summed E-state index contributed by atoms with van der Waals surface area (Å²) in [5.41, 5.74) is -0.0430. The summed E-state index contributed by atoms with van der Waals surface area (Å²) in [5.74, 6) is -0.00105. The lowest BCUT2D eigenvalue weighted by molar-refractivity contribution is -0.383. The largest absolute Gasteiger partial charge is 0.481 e. The van der Waals surface area contributed by atoms with E-state index in [1.54, 1.807) is 37.3 Å². The number of hydrogen-bond acceptors (Lipinski definition) is 4. The van der Waals surface area contributed by atoms with E-state index in [1.165, 1.54) is 18.2 Å². The molecule has 0 bridgehead atoms. The maximum atomic E-state index is 12.1. The average Bonchev–Trinajstić information content (AvgIpc) is 2.49. The number of carbonyl (C=O) groups excluding carboxylic acids is 1. The molecule has 0 aliphatic carbocycles. The molecule has 2 rings (SSSR count). The molecule has 0 aliphatic heterocycles. The second kappa shape index (κ2) is 6.91. The Hall–Kier alpha value is -2.60. The van der Waals surface area contributed by atoms with Gasteiger partial charge in [0.15, 0.2) is 6.10 Å². The van der Waals surface area contributed by atoms with E-state index < -0.39 is 16.9 Å². The molecule has 2 aromatic carbocycles. The lowest BCUT2D eigenvalue weighted by Crippen LogP contribution is -2.30. The predicted octanol–water partition coefficient (Wildman–Crippen LogP) is 3.65. The molecular weight excluding hydrogens is 308 g/mol. The van der Waals surface area contributed by atoms with Crippen molar-refractivity contribution in [1.82, 2.24) is 0 Å². The van der Waals surface area contributed by atoms with Crippen molar-refractivity contribution in [2.45, 2.75) is 13.0 Å². The van der Waals surface area contributed by atoms with Crippen LogP contribution in [0.4, 0.5) is 11.4 Å². The minimum Gasteiger partial charge on any atom is -0.481 e. The Kier molecular flexibility index (Phi) is 4.95. The molecule has 0 heterocycles. The van der Waals surface area contributed by atoms with Gasteiger partial charge in [0.2, 0.25) is 0 Å². The van der Waals surface area contributed by atoms with Crippen molar-refractivity contribution in [1.29, 1.82) is 0 Å². The first-order valence-electron chi connectivity index (χ1n) is 6.44. The van der Waals surface area contributed by atoms with Crippen molar-refractivity contribution in [3.63, 3.8) is 0 Å². The monoisotopic (exact) mass is 320 g/mol. The predicted molar refractivity (Wildman–Crippen MR) is 83.3 cm³/mol. The van der Waals surface area contributed by atoms with Gasteiger partial charge in [0.25, 0.3) is 11.6 Å². The van der Waals surface area contributed by atoms with Crippen LogP contribution >= 0.6 is 11.6 Å². The SMILES string of the molecule is C[C@@H](Oc1ccc(Cl)cc1)C(=O)Nc1ccccc1[N+](=O)[O-]. The molecule has 0 fully saturated rings. The molecule has 0 saturated heterocycles. The van der Waals surface area contributed by atoms with Gasteiger partial charge in [-0.05, 0) is 37.3 Å². The first kappa shape index (κ1) is 15.8. The van der Waals surface area contributed by atoms with E-state index in [-0.39, 0.29) is 11.4 Å². The molecule has 2 aromatic rings. The number of hydrogen-bond donors (Lipinski definition) is 1. The highest BCUT2D eigenvalue weighted by Gasteiger charge is 2.19. The van der Waals surface area contributed by atoms with Crippen LogP contribution in [0.5, 0.6) is 5.75 Å². The van der Waals surface area contributed by atoms with Gasteiger partial charge in [0, 0.05) is 11.1 Å². The molecular formula is C15H13ClN2O4. The lowest BCUT2D eigenvalue weighted by Gasteiger charge is -2.14. The minimum absolute atomic E-state index is 0.129. The van der Waals surface area contributed by atoms with Gasteiger partial charge in [-0.15, -0.1) is 0 Å². The van der Waals surface area contributed by atoms with E-state index in [4.69, 9.17) is 16.3 Å². The normalized spacial score (nSPS) is 11.5. The first-order chi connectivity index (χ1) is 10.5. The zero-order valence-corrected chi connectivity index (χ0v) is 12.4. The maximum absolute atomic E-state index is 12.1. The van der Waals surface area contributed by atoms with Crippen molar-refractivity contribution < 1.29 is 14.5 Å². The third-order valence-corrected chi connectivity index (χ3v) is 3.11. The highest BCUT2D eigenvalue weighted by Crippen LogP contribution is 2.24. The molecule has 0 spiro atoms. The molecule has 114 valence electrons. The van der Waals surface area contributed by atoms with Crippen LogP contribution in [-0.4, -0.2) is 16.9 Å². The van der Waals surface area contributed by atoms with E-state index in [2.05, 4.69) is 5.32 Å². The molecule has 0 saturated carbocycles. The quantitative estimate of drug-likeness (QED) is 0.673. The van der Waals surface area contributed by atoms with Crippen LogP contribution < -0.4 is 10.1 Å². The summed E-state index contributed by atoms with van der Waals surface area (Å²) >= 11 is 5.77. The molecule has 1 atom stereocenters. The van der Waals surface area contributed by atoms with Gasteiger partial charge in [0.1, 0.15) is 11.4 Å². The number of carbonyl (C=O) groups is 1. The molecule has 0 aromatic heterocycles. The van der Waals surface area contributed by atoms with Crippen molar-refractivity contribution in [3.05, 3.63) is 63.7 Å². The summed E-state index contributed by atoms with van der Waals surface area (Å²) in [6.07, 6.45) is -0.819. The Bertz CT molecular complexity index is 688. The number of nitro benzene ring substituents is 1. The second-order valence-electron chi connectivity index (χ2n) is 4.48. The van der Waals surface area contributed by atoms with Crippen LogP contribution in [0.25, 0.3) is 0 Å². The number of rotatable bonds is 5. The third-order valence-electron chi connectivity index (χ3n) is 2.85. The molecule has 0 aliphatic rings. The van der Waals surface area contributed by atoms with Gasteiger partial charge in [-0.3, -0.25) is 14.9 Å². The number of amides is 1. The first-order valence-corrected chi connectivity index (χ1v) is 6.81. The summed E-state index contributed by atoms with van der Waals surface area (Å²) < 4.78 is 5.46. The fourth-order valence-corrected chi connectivity index (χ4v) is 1.87. The Labute approximate surface area is 131 Å². The summed E-state index contributed by atoms with van der Waals surface area (Å²) in [6.45, 7) is 1.55. The van der Waals surface area contributed by atoms with Gasteiger partial charge in [0.05, 0.1) is 4.92 Å². The van der Waals surface area contributed by atoms with E-state index in [1.807, 2.05) is 0 Å². The van der Waals surface area contributed by atoms with Crippen molar-refractivity contribution >= 4 is 28.9 Å². The Balaban J connectivity index is 2.05. The van der Waals surface area contributed by atoms with Gasteiger partial charge in [-0.25, -0.2) is 0 Å². The Morgan fingerprint density at radius 3 is 2.50 bits per heavy atom. The topological polar surface area (TPSA) is 81.5 Å². The van der Waals surface area contributed by atoms with Crippen LogP contribution in [0.3, 0.4) is 0 Å². The molecule has 0 radical (unpaired) electrons. The number of nitrogens with one attached hydrogen (secondary N) is 1. The average molecular weight is 321 g/mol. The highest BCUT2D eigenvalue weighted by atomic mass is 35.5. The van der Waals surface area contributed by atoms with Crippen LogP contribution in [0.1, 0.15) is 6.92 Å². The number of anilines is 1. The molecule has 7 heteroatoms. The van der Waals surface area contributed by atoms with Crippen molar-refractivity contribution in [2.24, 2.45) is 0 Å². The smallest absolute Gasteiger partial charge is 0.292 e. The summed E-state index contributed by atoms with van der Waals surface area (Å²) in [7, 11) is 0. The summed E-state index contributed by atoms with van der Waals surface area (Å²) in [6, 6.07) is 12.5. The number of nitro groups is 1. The Morgan fingerprint density at radius 1 is 1.23 bits per heavy atom. The van der Waals surface area contributed by atoms with E-state index >= 15 is 0 Å². The van der Waals surface area contributed by atoms with Gasteiger partial charge < -0.3 is 10.1 Å². The lowest BCUT2D eigenvalue weighted by atomic mass is 10.2. The van der Waals surface area contributed by atoms with Crippen LogP contribution in [0.2, 0.25) is 5.02 Å². The fourth-order valence-electron chi connectivity index (χ4n) is 1.74. The van der Waals surface area contributed by atoms with E-state index in [9.17, 15) is 14.9 Å². The Morgan fingerprint density at radius 2 is 1.86 bits per heavy atom. The van der Waals surface area contributed by atoms with E-state index in [0.29, 0.717) is 10.8 Å². The number of nitrogens with zero attached hydrogens (tertiary/aromatic N) is 1. The van der Waals surface area contributed by atoms with E-state index in [0.717, 1.165) is 0 Å². The van der Waals surface area contributed by atoms with Crippen molar-refractivity contribution in [3.8, 4) is 5.75 Å². The number of benzene rings is 2. The molecule has 1 amide bonds. The van der Waals surface area contributed by atoms with Gasteiger partial charge in [-0.2, -0.15) is 0 Å². The van der Waals surface area contributed by atoms with Crippen molar-refractivity contribution in [2.75, 3.05) is 5.32 Å². The van der Waals surface area contributed by atoms with Crippen LogP contribution in [0, 0.1) is 10.1 Å². The van der Waals surface area contributed by atoms with Crippen LogP contribution in [0.15, 0.2) is 48.5 Å². The summed E-state index contributed by atoms with van der Waals surface area (Å²) in [5, 5.41) is 14.0.